The smallest absolute Gasteiger partial charge is 0.186 e. The number of aliphatic hydroxyl groups is 3. The molecule has 0 saturated carbocycles. The van der Waals surface area contributed by atoms with Crippen molar-refractivity contribution in [3.63, 3.8) is 0 Å². The van der Waals surface area contributed by atoms with Crippen molar-refractivity contribution in [2.24, 2.45) is 0 Å². The topological polar surface area (TPSA) is 153 Å². The standard InChI is InChI=1S/C15H25NO10/c1-22-8-6-24-15(12(21)10(8)19)26-13-9(16-3-4-17)14(23-2)25-7(5-18)11(13)20/h4-5,7-16,19-21H,3,6H2,1-2H3. The fraction of sp³-hybridized carbons (Fsp3) is 0.867. The second kappa shape index (κ2) is 9.78. The van der Waals surface area contributed by atoms with Crippen LogP contribution in [-0.2, 0) is 33.3 Å². The van der Waals surface area contributed by atoms with E-state index < -0.39 is 55.2 Å². The highest BCUT2D eigenvalue weighted by atomic mass is 16.7. The molecule has 9 unspecified atom stereocenters. The van der Waals surface area contributed by atoms with Gasteiger partial charge in [0.25, 0.3) is 0 Å². The summed E-state index contributed by atoms with van der Waals surface area (Å²) in [4.78, 5) is 21.9. The first-order valence-corrected chi connectivity index (χ1v) is 8.13. The first-order valence-electron chi connectivity index (χ1n) is 8.13. The lowest BCUT2D eigenvalue weighted by atomic mass is 9.96. The maximum atomic E-state index is 11.2. The van der Waals surface area contributed by atoms with E-state index >= 15 is 0 Å². The SMILES string of the molecule is COC1COC(OC2C(O)C(C=O)OC(OC)C2NCC=O)C(O)C1O. The molecule has 2 saturated heterocycles. The van der Waals surface area contributed by atoms with Gasteiger partial charge in [0.15, 0.2) is 18.9 Å². The van der Waals surface area contributed by atoms with E-state index in [0.29, 0.717) is 12.6 Å². The monoisotopic (exact) mass is 379 g/mol. The number of methoxy groups -OCH3 is 2. The van der Waals surface area contributed by atoms with Crippen molar-refractivity contribution in [2.45, 2.75) is 55.2 Å². The van der Waals surface area contributed by atoms with E-state index in [-0.39, 0.29) is 13.2 Å². The molecule has 0 aromatic rings. The zero-order valence-corrected chi connectivity index (χ0v) is 14.5. The number of aliphatic hydroxyl groups excluding tert-OH is 3. The van der Waals surface area contributed by atoms with Crippen LogP contribution < -0.4 is 5.32 Å². The summed E-state index contributed by atoms with van der Waals surface area (Å²) in [5.74, 6) is 0. The van der Waals surface area contributed by atoms with E-state index in [9.17, 15) is 24.9 Å². The molecule has 0 aromatic heterocycles. The van der Waals surface area contributed by atoms with Crippen molar-refractivity contribution >= 4 is 12.6 Å². The maximum absolute atomic E-state index is 11.2. The highest BCUT2D eigenvalue weighted by Gasteiger charge is 2.49. The van der Waals surface area contributed by atoms with Crippen LogP contribution in [0.4, 0.5) is 0 Å². The number of ether oxygens (including phenoxy) is 5. The second-order valence-electron chi connectivity index (χ2n) is 5.99. The molecule has 0 bridgehead atoms. The van der Waals surface area contributed by atoms with Crippen molar-refractivity contribution in [3.8, 4) is 0 Å². The Kier molecular flexibility index (Phi) is 8.01. The van der Waals surface area contributed by atoms with Crippen molar-refractivity contribution in [2.75, 3.05) is 27.4 Å². The predicted octanol–water partition coefficient (Wildman–Crippen LogP) is -3.45. The molecular weight excluding hydrogens is 354 g/mol. The summed E-state index contributed by atoms with van der Waals surface area (Å²) in [6.07, 6.45) is -8.54. The molecule has 0 amide bonds. The Morgan fingerprint density at radius 2 is 1.81 bits per heavy atom. The van der Waals surface area contributed by atoms with Crippen LogP contribution in [0.1, 0.15) is 0 Å². The number of hydrogen-bond acceptors (Lipinski definition) is 11. The summed E-state index contributed by atoms with van der Waals surface area (Å²) >= 11 is 0. The van der Waals surface area contributed by atoms with Gasteiger partial charge in [-0.2, -0.15) is 0 Å². The van der Waals surface area contributed by atoms with Crippen LogP contribution >= 0.6 is 0 Å². The fourth-order valence-electron chi connectivity index (χ4n) is 3.00. The second-order valence-corrected chi connectivity index (χ2v) is 5.99. The van der Waals surface area contributed by atoms with Gasteiger partial charge in [0.05, 0.1) is 19.2 Å². The Bertz CT molecular complexity index is 466. The van der Waals surface area contributed by atoms with Gasteiger partial charge in [-0.05, 0) is 0 Å². The molecule has 150 valence electrons. The Morgan fingerprint density at radius 1 is 1.08 bits per heavy atom. The van der Waals surface area contributed by atoms with E-state index in [0.717, 1.165) is 0 Å². The lowest BCUT2D eigenvalue weighted by molar-refractivity contribution is -0.323. The average Bonchev–Trinajstić information content (AvgIpc) is 2.65. The molecule has 0 aliphatic carbocycles. The highest BCUT2D eigenvalue weighted by molar-refractivity contribution is 5.58. The van der Waals surface area contributed by atoms with Gasteiger partial charge in [-0.25, -0.2) is 0 Å². The third-order valence-electron chi connectivity index (χ3n) is 4.44. The van der Waals surface area contributed by atoms with Crippen molar-refractivity contribution in [3.05, 3.63) is 0 Å². The van der Waals surface area contributed by atoms with Crippen molar-refractivity contribution in [1.29, 1.82) is 0 Å². The molecule has 11 nitrogen and oxygen atoms in total. The fourth-order valence-corrected chi connectivity index (χ4v) is 3.00. The minimum Gasteiger partial charge on any atom is -0.387 e. The number of carbonyl (C=O) groups excluding carboxylic acids is 2. The summed E-state index contributed by atoms with van der Waals surface area (Å²) < 4.78 is 26.5. The number of rotatable bonds is 8. The Hall–Kier alpha value is -1.02. The van der Waals surface area contributed by atoms with Crippen molar-refractivity contribution in [1.82, 2.24) is 5.32 Å². The molecule has 2 fully saturated rings. The highest BCUT2D eigenvalue weighted by Crippen LogP contribution is 2.27. The molecule has 4 N–H and O–H groups in total. The number of hydrogen-bond donors (Lipinski definition) is 4. The number of nitrogens with one attached hydrogen (secondary N) is 1. The van der Waals surface area contributed by atoms with Gasteiger partial charge in [0.2, 0.25) is 0 Å². The number of aldehydes is 2. The van der Waals surface area contributed by atoms with Gasteiger partial charge in [-0.1, -0.05) is 0 Å². The minimum absolute atomic E-state index is 0.0457. The summed E-state index contributed by atoms with van der Waals surface area (Å²) in [6, 6.07) is -0.843. The molecule has 2 heterocycles. The predicted molar refractivity (Wildman–Crippen MR) is 83.0 cm³/mol. The maximum Gasteiger partial charge on any atom is 0.186 e. The molecule has 11 heteroatoms. The zero-order chi connectivity index (χ0) is 19.3. The lowest BCUT2D eigenvalue weighted by Gasteiger charge is -2.45. The first kappa shape index (κ1) is 21.3. The van der Waals surface area contributed by atoms with Crippen LogP contribution in [0.3, 0.4) is 0 Å². The summed E-state index contributed by atoms with van der Waals surface area (Å²) in [7, 11) is 2.69. The normalized spacial score (nSPS) is 43.8. The van der Waals surface area contributed by atoms with Gasteiger partial charge in [0.1, 0.15) is 42.9 Å². The van der Waals surface area contributed by atoms with Crippen LogP contribution in [0.5, 0.6) is 0 Å². The molecular formula is C15H25NO10. The zero-order valence-electron chi connectivity index (χ0n) is 14.5. The van der Waals surface area contributed by atoms with E-state index in [1.165, 1.54) is 14.2 Å². The molecule has 0 spiro atoms. The van der Waals surface area contributed by atoms with E-state index in [2.05, 4.69) is 5.32 Å². The number of carbonyl (C=O) groups is 2. The van der Waals surface area contributed by atoms with Crippen LogP contribution in [0.15, 0.2) is 0 Å². The van der Waals surface area contributed by atoms with Gasteiger partial charge in [-0.3, -0.25) is 0 Å². The van der Waals surface area contributed by atoms with E-state index in [1.54, 1.807) is 0 Å². The van der Waals surface area contributed by atoms with E-state index in [4.69, 9.17) is 23.7 Å². The van der Waals surface area contributed by atoms with Crippen LogP contribution in [-0.4, -0.2) is 111 Å². The molecule has 2 aliphatic heterocycles. The Balaban J connectivity index is 2.17. The molecule has 9 atom stereocenters. The van der Waals surface area contributed by atoms with Gasteiger partial charge < -0.3 is 53.9 Å². The van der Waals surface area contributed by atoms with Gasteiger partial charge in [0, 0.05) is 14.2 Å². The first-order chi connectivity index (χ1) is 12.5. The lowest BCUT2D eigenvalue weighted by Crippen LogP contribution is -2.66. The minimum atomic E-state index is -1.45. The third kappa shape index (κ3) is 4.44. The molecule has 2 rings (SSSR count). The summed E-state index contributed by atoms with van der Waals surface area (Å²) in [5.41, 5.74) is 0. The third-order valence-corrected chi connectivity index (χ3v) is 4.44. The average molecular weight is 379 g/mol. The molecule has 2 aliphatic rings. The van der Waals surface area contributed by atoms with Gasteiger partial charge in [-0.15, -0.1) is 0 Å². The molecule has 0 aromatic carbocycles. The van der Waals surface area contributed by atoms with Crippen LogP contribution in [0, 0.1) is 0 Å². The van der Waals surface area contributed by atoms with Gasteiger partial charge >= 0.3 is 0 Å². The summed E-state index contributed by atoms with van der Waals surface area (Å²) in [5, 5.41) is 33.4. The quantitative estimate of drug-likeness (QED) is 0.311. The van der Waals surface area contributed by atoms with Crippen molar-refractivity contribution < 1.29 is 48.6 Å². The Labute approximate surface area is 150 Å². The Morgan fingerprint density at radius 3 is 2.38 bits per heavy atom. The van der Waals surface area contributed by atoms with Crippen LogP contribution in [0.2, 0.25) is 0 Å². The molecule has 26 heavy (non-hydrogen) atoms. The van der Waals surface area contributed by atoms with E-state index in [1.807, 2.05) is 0 Å². The largest absolute Gasteiger partial charge is 0.387 e. The van der Waals surface area contributed by atoms with Crippen LogP contribution in [0.25, 0.3) is 0 Å². The molecule has 0 radical (unpaired) electrons. The summed E-state index contributed by atoms with van der Waals surface area (Å²) in [6.45, 7) is -0.134.